The van der Waals surface area contributed by atoms with Crippen LogP contribution in [-0.2, 0) is 4.74 Å². The number of nitrogens with zero attached hydrogens (tertiary/aromatic N) is 2. The highest BCUT2D eigenvalue weighted by molar-refractivity contribution is 9.11. The minimum absolute atomic E-state index is 0.282. The Bertz CT molecular complexity index is 371. The van der Waals surface area contributed by atoms with Crippen LogP contribution in [0.3, 0.4) is 0 Å². The Morgan fingerprint density at radius 3 is 2.37 bits per heavy atom. The van der Waals surface area contributed by atoms with Crippen molar-refractivity contribution in [1.29, 1.82) is 0 Å². The fraction of sp³-hybridized carbons (Fsp3) is 0.769. The minimum atomic E-state index is -0.386. The minimum Gasteiger partial charge on any atom is -0.461 e. The van der Waals surface area contributed by atoms with E-state index in [0.29, 0.717) is 10.4 Å². The SMILES string of the molecule is CCCCCCCCCCOC(=O)c1nnsc1Br. The Morgan fingerprint density at radius 2 is 1.79 bits per heavy atom. The number of rotatable bonds is 10. The zero-order chi connectivity index (χ0) is 13.9. The molecule has 0 saturated heterocycles. The third kappa shape index (κ3) is 7.01. The molecule has 0 N–H and O–H groups in total. The highest BCUT2D eigenvalue weighted by Gasteiger charge is 2.15. The van der Waals surface area contributed by atoms with Crippen LogP contribution in [0.2, 0.25) is 0 Å². The monoisotopic (exact) mass is 348 g/mol. The largest absolute Gasteiger partial charge is 0.461 e. The molecule has 108 valence electrons. The number of carbonyl (C=O) groups is 1. The van der Waals surface area contributed by atoms with Gasteiger partial charge in [-0.3, -0.25) is 0 Å². The van der Waals surface area contributed by atoms with E-state index in [1.165, 1.54) is 38.5 Å². The van der Waals surface area contributed by atoms with Crippen molar-refractivity contribution in [3.05, 3.63) is 9.48 Å². The van der Waals surface area contributed by atoms with E-state index in [4.69, 9.17) is 4.74 Å². The van der Waals surface area contributed by atoms with E-state index in [-0.39, 0.29) is 11.7 Å². The summed E-state index contributed by atoms with van der Waals surface area (Å²) in [5.41, 5.74) is 0.282. The standard InChI is InChI=1S/C13H21BrN2O2S/c1-2-3-4-5-6-7-8-9-10-18-13(17)11-12(14)19-16-15-11/h2-10H2,1H3. The summed E-state index contributed by atoms with van der Waals surface area (Å²) in [6, 6.07) is 0. The second kappa shape index (κ2) is 10.3. The normalized spacial score (nSPS) is 10.6. The summed E-state index contributed by atoms with van der Waals surface area (Å²) in [6.07, 6.45) is 9.86. The molecule has 0 radical (unpaired) electrons. The predicted molar refractivity (Wildman–Crippen MR) is 80.5 cm³/mol. The van der Waals surface area contributed by atoms with Gasteiger partial charge in [0.25, 0.3) is 0 Å². The van der Waals surface area contributed by atoms with Gasteiger partial charge in [0.05, 0.1) is 6.61 Å². The molecule has 4 nitrogen and oxygen atoms in total. The van der Waals surface area contributed by atoms with Gasteiger partial charge in [0.1, 0.15) is 3.79 Å². The number of ether oxygens (including phenoxy) is 1. The molecule has 0 aromatic carbocycles. The zero-order valence-corrected chi connectivity index (χ0v) is 13.8. The van der Waals surface area contributed by atoms with Crippen LogP contribution in [0.25, 0.3) is 0 Å². The molecule has 0 unspecified atom stereocenters. The number of carbonyl (C=O) groups excluding carboxylic acids is 1. The maximum atomic E-state index is 11.6. The highest BCUT2D eigenvalue weighted by atomic mass is 79.9. The summed E-state index contributed by atoms with van der Waals surface area (Å²) >= 11 is 4.37. The average Bonchev–Trinajstić information content (AvgIpc) is 2.83. The first-order chi connectivity index (χ1) is 9.25. The van der Waals surface area contributed by atoms with Gasteiger partial charge >= 0.3 is 5.97 Å². The van der Waals surface area contributed by atoms with Crippen molar-refractivity contribution in [2.75, 3.05) is 6.61 Å². The maximum Gasteiger partial charge on any atom is 0.361 e. The molecule has 1 aromatic rings. The first-order valence-corrected chi connectivity index (χ1v) is 8.47. The van der Waals surface area contributed by atoms with E-state index in [1.807, 2.05) is 0 Å². The molecule has 0 bridgehead atoms. The lowest BCUT2D eigenvalue weighted by atomic mass is 10.1. The molecule has 1 rings (SSSR count). The fourth-order valence-corrected chi connectivity index (χ4v) is 2.61. The molecule has 0 aliphatic carbocycles. The summed E-state index contributed by atoms with van der Waals surface area (Å²) in [5.74, 6) is -0.386. The number of halogens is 1. The smallest absolute Gasteiger partial charge is 0.361 e. The Kier molecular flexibility index (Phi) is 8.99. The van der Waals surface area contributed by atoms with Gasteiger partial charge in [0, 0.05) is 0 Å². The van der Waals surface area contributed by atoms with Gasteiger partial charge in [-0.25, -0.2) is 4.79 Å². The van der Waals surface area contributed by atoms with Crippen LogP contribution < -0.4 is 0 Å². The molecule has 0 spiro atoms. The number of aromatic nitrogens is 2. The van der Waals surface area contributed by atoms with E-state index in [0.717, 1.165) is 24.4 Å². The Balaban J connectivity index is 1.96. The second-order valence-corrected chi connectivity index (χ2v) is 6.58. The van der Waals surface area contributed by atoms with Crippen molar-refractivity contribution in [3.8, 4) is 0 Å². The molecule has 0 saturated carbocycles. The predicted octanol–water partition coefficient (Wildman–Crippen LogP) is 4.60. The zero-order valence-electron chi connectivity index (χ0n) is 11.4. The lowest BCUT2D eigenvalue weighted by Gasteiger charge is -2.03. The molecule has 6 heteroatoms. The van der Waals surface area contributed by atoms with Gasteiger partial charge in [0.15, 0.2) is 5.69 Å². The molecule has 1 aromatic heterocycles. The van der Waals surface area contributed by atoms with Crippen LogP contribution in [0, 0.1) is 0 Å². The molecule has 19 heavy (non-hydrogen) atoms. The van der Waals surface area contributed by atoms with E-state index in [9.17, 15) is 4.79 Å². The van der Waals surface area contributed by atoms with Gasteiger partial charge in [-0.2, -0.15) is 0 Å². The van der Waals surface area contributed by atoms with Crippen LogP contribution in [0.5, 0.6) is 0 Å². The summed E-state index contributed by atoms with van der Waals surface area (Å²) < 4.78 is 9.46. The molecular weight excluding hydrogens is 328 g/mol. The fourth-order valence-electron chi connectivity index (χ4n) is 1.77. The van der Waals surface area contributed by atoms with Gasteiger partial charge < -0.3 is 4.74 Å². The van der Waals surface area contributed by atoms with Crippen molar-refractivity contribution in [1.82, 2.24) is 9.59 Å². The molecule has 0 amide bonds. The quantitative estimate of drug-likeness (QED) is 0.458. The van der Waals surface area contributed by atoms with E-state index in [2.05, 4.69) is 32.4 Å². The molecule has 0 atom stereocenters. The summed E-state index contributed by atoms with van der Waals surface area (Å²) in [7, 11) is 0. The molecule has 0 aliphatic heterocycles. The highest BCUT2D eigenvalue weighted by Crippen LogP contribution is 2.19. The van der Waals surface area contributed by atoms with Crippen molar-refractivity contribution >= 4 is 33.4 Å². The lowest BCUT2D eigenvalue weighted by Crippen LogP contribution is -2.07. The van der Waals surface area contributed by atoms with Crippen LogP contribution >= 0.6 is 27.5 Å². The Morgan fingerprint density at radius 1 is 1.16 bits per heavy atom. The van der Waals surface area contributed by atoms with Crippen LogP contribution in [0.4, 0.5) is 0 Å². The lowest BCUT2D eigenvalue weighted by molar-refractivity contribution is 0.0489. The second-order valence-electron chi connectivity index (χ2n) is 4.51. The first kappa shape index (κ1) is 16.6. The van der Waals surface area contributed by atoms with Gasteiger partial charge in [-0.1, -0.05) is 56.4 Å². The Labute approximate surface area is 127 Å². The van der Waals surface area contributed by atoms with Crippen molar-refractivity contribution in [3.63, 3.8) is 0 Å². The van der Waals surface area contributed by atoms with E-state index >= 15 is 0 Å². The number of esters is 1. The number of hydrogen-bond donors (Lipinski definition) is 0. The third-order valence-corrected chi connectivity index (χ3v) is 4.20. The van der Waals surface area contributed by atoms with Crippen LogP contribution in [0.15, 0.2) is 3.79 Å². The summed E-state index contributed by atoms with van der Waals surface area (Å²) in [6.45, 7) is 2.70. The first-order valence-electron chi connectivity index (χ1n) is 6.90. The van der Waals surface area contributed by atoms with Gasteiger partial charge in [-0.05, 0) is 33.9 Å². The summed E-state index contributed by atoms with van der Waals surface area (Å²) in [4.78, 5) is 11.6. The van der Waals surface area contributed by atoms with E-state index < -0.39 is 0 Å². The van der Waals surface area contributed by atoms with Crippen molar-refractivity contribution < 1.29 is 9.53 Å². The van der Waals surface area contributed by atoms with E-state index in [1.54, 1.807) is 0 Å². The topological polar surface area (TPSA) is 52.1 Å². The summed E-state index contributed by atoms with van der Waals surface area (Å²) in [5, 5.41) is 3.72. The van der Waals surface area contributed by atoms with Gasteiger partial charge in [0.2, 0.25) is 0 Å². The number of unbranched alkanes of at least 4 members (excludes halogenated alkanes) is 7. The average molecular weight is 349 g/mol. The maximum absolute atomic E-state index is 11.6. The van der Waals surface area contributed by atoms with Crippen LogP contribution in [-0.4, -0.2) is 22.2 Å². The molecule has 0 fully saturated rings. The third-order valence-electron chi connectivity index (χ3n) is 2.87. The van der Waals surface area contributed by atoms with Crippen molar-refractivity contribution in [2.24, 2.45) is 0 Å². The Hall–Kier alpha value is -0.490. The van der Waals surface area contributed by atoms with Gasteiger partial charge in [-0.15, -0.1) is 5.10 Å². The van der Waals surface area contributed by atoms with Crippen LogP contribution in [0.1, 0.15) is 68.8 Å². The van der Waals surface area contributed by atoms with Crippen molar-refractivity contribution in [2.45, 2.75) is 58.3 Å². The molecule has 1 heterocycles. The number of hydrogen-bond acceptors (Lipinski definition) is 5. The molecular formula is C13H21BrN2O2S. The molecule has 0 aliphatic rings.